The number of nitrogens with zero attached hydrogens (tertiary/aromatic N) is 2. The molecule has 0 amide bonds. The van der Waals surface area contributed by atoms with Crippen molar-refractivity contribution in [3.8, 4) is 0 Å². The Morgan fingerprint density at radius 1 is 0.840 bits per heavy atom. The Kier molecular flexibility index (Phi) is 4.84. The van der Waals surface area contributed by atoms with Crippen LogP contribution in [0.1, 0.15) is 43.2 Å². The van der Waals surface area contributed by atoms with Crippen molar-refractivity contribution in [1.29, 1.82) is 0 Å². The molecule has 0 saturated heterocycles. The van der Waals surface area contributed by atoms with Gasteiger partial charge in [-0.1, -0.05) is 92.8 Å². The lowest BCUT2D eigenvalue weighted by Crippen LogP contribution is -2.43. The zero-order chi connectivity index (χ0) is 17.0. The van der Waals surface area contributed by atoms with Crippen molar-refractivity contribution in [2.45, 2.75) is 42.8 Å². The van der Waals surface area contributed by atoms with Crippen LogP contribution in [0.4, 0.5) is 0 Å². The van der Waals surface area contributed by atoms with Gasteiger partial charge >= 0.3 is 0 Å². The minimum Gasteiger partial charge on any atom is -0.327 e. The van der Waals surface area contributed by atoms with Gasteiger partial charge in [-0.15, -0.1) is 0 Å². The van der Waals surface area contributed by atoms with Crippen LogP contribution in [0.25, 0.3) is 0 Å². The number of aromatic nitrogens is 2. The fourth-order valence-electron chi connectivity index (χ4n) is 4.53. The highest BCUT2D eigenvalue weighted by Gasteiger charge is 2.38. The molecular weight excluding hydrogens is 320 g/mol. The number of imidazole rings is 1. The Morgan fingerprint density at radius 3 is 1.96 bits per heavy atom. The molecule has 25 heavy (non-hydrogen) atoms. The molecule has 128 valence electrons. The minimum atomic E-state index is -0.470. The van der Waals surface area contributed by atoms with Crippen molar-refractivity contribution in [2.75, 3.05) is 0 Å². The van der Waals surface area contributed by atoms with E-state index in [1.165, 1.54) is 43.2 Å². The van der Waals surface area contributed by atoms with Crippen molar-refractivity contribution in [3.63, 3.8) is 0 Å². The summed E-state index contributed by atoms with van der Waals surface area (Å²) in [7, 11) is -0.470. The van der Waals surface area contributed by atoms with Gasteiger partial charge in [0.2, 0.25) is 0 Å². The van der Waals surface area contributed by atoms with Crippen molar-refractivity contribution in [2.24, 2.45) is 0 Å². The minimum absolute atomic E-state index is 0.0406. The Balaban J connectivity index is 1.88. The quantitative estimate of drug-likeness (QED) is 0.620. The van der Waals surface area contributed by atoms with Crippen LogP contribution >= 0.6 is 0 Å². The molecule has 4 rings (SSSR count). The summed E-state index contributed by atoms with van der Waals surface area (Å²) in [5.41, 5.74) is 3.73. The van der Waals surface area contributed by atoms with Crippen LogP contribution in [-0.4, -0.2) is 19.1 Å². The molecular formula is C22H26N2Si. The van der Waals surface area contributed by atoms with Gasteiger partial charge in [-0.3, -0.25) is 0 Å². The first-order valence-corrected chi connectivity index (χ1v) is 11.0. The maximum atomic E-state index is 4.42. The number of rotatable bonds is 5. The van der Waals surface area contributed by atoms with E-state index in [4.69, 9.17) is 0 Å². The van der Waals surface area contributed by atoms with Gasteiger partial charge in [0.15, 0.2) is 0 Å². The molecule has 1 aliphatic carbocycles. The van der Waals surface area contributed by atoms with Gasteiger partial charge in [-0.2, -0.15) is 0 Å². The van der Waals surface area contributed by atoms with Gasteiger partial charge in [0.25, 0.3) is 0 Å². The number of hydrogen-bond acceptors (Lipinski definition) is 1. The maximum absolute atomic E-state index is 4.42. The van der Waals surface area contributed by atoms with Gasteiger partial charge in [0, 0.05) is 12.4 Å². The first kappa shape index (κ1) is 16.3. The van der Waals surface area contributed by atoms with E-state index in [9.17, 15) is 0 Å². The van der Waals surface area contributed by atoms with Gasteiger partial charge in [0.1, 0.15) is 0 Å². The molecule has 3 heteroatoms. The molecule has 1 saturated carbocycles. The molecule has 0 spiro atoms. The van der Waals surface area contributed by atoms with E-state index >= 15 is 0 Å². The van der Waals surface area contributed by atoms with E-state index in [1.807, 2.05) is 12.5 Å². The van der Waals surface area contributed by atoms with Crippen LogP contribution < -0.4 is 0 Å². The average molecular weight is 347 g/mol. The molecule has 0 unspecified atom stereocenters. The largest absolute Gasteiger partial charge is 0.327 e. The summed E-state index contributed by atoms with van der Waals surface area (Å²) < 4.78 is 2.39. The van der Waals surface area contributed by atoms with E-state index in [0.717, 1.165) is 5.54 Å². The van der Waals surface area contributed by atoms with Crippen LogP contribution in [0, 0.1) is 0 Å². The van der Waals surface area contributed by atoms with E-state index < -0.39 is 9.52 Å². The summed E-state index contributed by atoms with van der Waals surface area (Å²) in [5.74, 6) is 0. The first-order valence-electron chi connectivity index (χ1n) is 9.49. The zero-order valence-corrected chi connectivity index (χ0v) is 16.1. The summed E-state index contributed by atoms with van der Waals surface area (Å²) in [6.07, 6.45) is 13.1. The third kappa shape index (κ3) is 3.21. The predicted octanol–water partition coefficient (Wildman–Crippen LogP) is 4.55. The molecule has 3 aromatic rings. The van der Waals surface area contributed by atoms with Crippen molar-refractivity contribution < 1.29 is 0 Å². The third-order valence-corrected chi connectivity index (χ3v) is 8.92. The molecule has 0 bridgehead atoms. The second-order valence-electron chi connectivity index (χ2n) is 7.27. The molecule has 2 nitrogen and oxygen atoms in total. The third-order valence-electron chi connectivity index (χ3n) is 5.76. The van der Waals surface area contributed by atoms with Crippen LogP contribution in [0.3, 0.4) is 0 Å². The predicted molar refractivity (Wildman–Crippen MR) is 107 cm³/mol. The average Bonchev–Trinajstić information content (AvgIpc) is 3.23. The second-order valence-corrected chi connectivity index (χ2v) is 9.86. The molecule has 1 aliphatic rings. The van der Waals surface area contributed by atoms with Gasteiger partial charge in [-0.05, 0) is 16.7 Å². The maximum Gasteiger partial charge on any atom is 0.0953 e. The lowest BCUT2D eigenvalue weighted by Gasteiger charge is -2.40. The van der Waals surface area contributed by atoms with E-state index in [-0.39, 0.29) is 5.16 Å². The van der Waals surface area contributed by atoms with E-state index in [0.29, 0.717) is 0 Å². The van der Waals surface area contributed by atoms with Crippen LogP contribution in [0.2, 0.25) is 5.54 Å². The van der Waals surface area contributed by atoms with Crippen molar-refractivity contribution in [1.82, 2.24) is 9.55 Å². The standard InChI is InChI=1S/C22H26N2Si/c1-4-10-19(11-5-1)22(24-17-16-23-18-24,20-12-6-2-7-13-20)25-21-14-8-3-9-15-21/h1-2,4-7,10-13,16-18,21H,3,8-9,14-15,25H2. The SMILES string of the molecule is c1ccc(C([SiH2]C2CCCCC2)(c2ccccc2)n2ccnc2)cc1. The van der Waals surface area contributed by atoms with E-state index in [1.54, 1.807) is 0 Å². The summed E-state index contributed by atoms with van der Waals surface area (Å²) >= 11 is 0. The monoisotopic (exact) mass is 346 g/mol. The zero-order valence-electron chi connectivity index (χ0n) is 14.7. The van der Waals surface area contributed by atoms with Crippen LogP contribution in [0.5, 0.6) is 0 Å². The lowest BCUT2D eigenvalue weighted by atomic mass is 9.97. The van der Waals surface area contributed by atoms with Gasteiger partial charge < -0.3 is 4.57 Å². The van der Waals surface area contributed by atoms with Gasteiger partial charge in [-0.25, -0.2) is 4.98 Å². The summed E-state index contributed by atoms with van der Waals surface area (Å²) in [5, 5.41) is -0.0406. The summed E-state index contributed by atoms with van der Waals surface area (Å²) in [4.78, 5) is 4.42. The first-order chi connectivity index (χ1) is 12.4. The molecule has 0 N–H and O–H groups in total. The summed E-state index contributed by atoms with van der Waals surface area (Å²) in [6.45, 7) is 0. The van der Waals surface area contributed by atoms with Crippen molar-refractivity contribution >= 4 is 9.52 Å². The second kappa shape index (κ2) is 7.40. The molecule has 1 aromatic heterocycles. The Labute approximate surface area is 152 Å². The molecule has 0 aliphatic heterocycles. The smallest absolute Gasteiger partial charge is 0.0953 e. The molecule has 2 aromatic carbocycles. The number of benzene rings is 2. The highest BCUT2D eigenvalue weighted by Crippen LogP contribution is 2.40. The Bertz CT molecular complexity index is 723. The molecule has 0 atom stereocenters. The topological polar surface area (TPSA) is 17.8 Å². The van der Waals surface area contributed by atoms with Crippen LogP contribution in [0.15, 0.2) is 79.4 Å². The van der Waals surface area contributed by atoms with Gasteiger partial charge in [0.05, 0.1) is 21.0 Å². The number of hydrogen-bond donors (Lipinski definition) is 0. The lowest BCUT2D eigenvalue weighted by molar-refractivity contribution is 0.482. The highest BCUT2D eigenvalue weighted by atomic mass is 28.2. The Morgan fingerprint density at radius 2 is 1.44 bits per heavy atom. The molecule has 0 radical (unpaired) electrons. The fourth-order valence-corrected chi connectivity index (χ4v) is 7.69. The highest BCUT2D eigenvalue weighted by molar-refractivity contribution is 6.43. The normalized spacial score (nSPS) is 16.5. The Hall–Kier alpha value is -2.13. The van der Waals surface area contributed by atoms with Crippen molar-refractivity contribution in [3.05, 3.63) is 90.5 Å². The summed E-state index contributed by atoms with van der Waals surface area (Å²) in [6, 6.07) is 22.2. The van der Waals surface area contributed by atoms with Crippen LogP contribution in [-0.2, 0) is 5.16 Å². The molecule has 1 heterocycles. The molecule has 1 fully saturated rings. The fraction of sp³-hybridized carbons (Fsp3) is 0.318. The van der Waals surface area contributed by atoms with E-state index in [2.05, 4.69) is 76.4 Å².